The lowest BCUT2D eigenvalue weighted by molar-refractivity contribution is -0.143. The first-order valence-corrected chi connectivity index (χ1v) is 5.77. The van der Waals surface area contributed by atoms with Gasteiger partial charge in [0.15, 0.2) is 0 Å². The van der Waals surface area contributed by atoms with E-state index in [2.05, 4.69) is 14.9 Å². The third kappa shape index (κ3) is 2.38. The summed E-state index contributed by atoms with van der Waals surface area (Å²) in [7, 11) is 0. The minimum absolute atomic E-state index is 0.225. The Balaban J connectivity index is 2.02. The Hall–Kier alpha value is -1.65. The van der Waals surface area contributed by atoms with E-state index in [-0.39, 0.29) is 11.8 Å². The molecule has 1 fully saturated rings. The van der Waals surface area contributed by atoms with Crippen molar-refractivity contribution >= 4 is 11.8 Å². The molecule has 0 spiro atoms. The number of carboxylic acid groups (broad SMARTS) is 1. The molecule has 1 aromatic rings. The first-order chi connectivity index (χ1) is 7.97. The monoisotopic (exact) mass is 235 g/mol. The highest BCUT2D eigenvalue weighted by Crippen LogP contribution is 2.28. The number of nitrogens with zero attached hydrogens (tertiary/aromatic N) is 3. The molecular formula is C12H17N3O2. The summed E-state index contributed by atoms with van der Waals surface area (Å²) in [5.74, 6) is 0.890. The molecule has 2 rings (SSSR count). The van der Waals surface area contributed by atoms with Gasteiger partial charge in [0.1, 0.15) is 11.6 Å². The van der Waals surface area contributed by atoms with Crippen LogP contribution in [0.1, 0.15) is 18.4 Å². The van der Waals surface area contributed by atoms with Crippen LogP contribution in [-0.4, -0.2) is 34.1 Å². The Morgan fingerprint density at radius 1 is 1.47 bits per heavy atom. The van der Waals surface area contributed by atoms with Crippen molar-refractivity contribution in [3.05, 3.63) is 17.6 Å². The van der Waals surface area contributed by atoms with Crippen LogP contribution >= 0.6 is 0 Å². The van der Waals surface area contributed by atoms with Gasteiger partial charge < -0.3 is 10.0 Å². The van der Waals surface area contributed by atoms with Gasteiger partial charge in [0, 0.05) is 30.8 Å². The van der Waals surface area contributed by atoms with Gasteiger partial charge in [-0.15, -0.1) is 0 Å². The molecule has 92 valence electrons. The van der Waals surface area contributed by atoms with Crippen molar-refractivity contribution < 1.29 is 9.90 Å². The van der Waals surface area contributed by atoms with E-state index in [1.807, 2.05) is 19.9 Å². The van der Waals surface area contributed by atoms with Gasteiger partial charge in [-0.2, -0.15) is 0 Å². The minimum Gasteiger partial charge on any atom is -0.481 e. The van der Waals surface area contributed by atoms with Crippen LogP contribution in [0.15, 0.2) is 6.07 Å². The Morgan fingerprint density at radius 3 is 2.65 bits per heavy atom. The van der Waals surface area contributed by atoms with Crippen LogP contribution in [0, 0.1) is 25.7 Å². The van der Waals surface area contributed by atoms with Crippen molar-refractivity contribution in [3.63, 3.8) is 0 Å². The average Bonchev–Trinajstić information content (AvgIpc) is 2.13. The SMILES string of the molecule is Cc1cc(N2CC(C(C)C(=O)O)C2)nc(C)n1. The van der Waals surface area contributed by atoms with Crippen LogP contribution in [0.25, 0.3) is 0 Å². The highest BCUT2D eigenvalue weighted by molar-refractivity contribution is 5.70. The third-order valence-electron chi connectivity index (χ3n) is 3.28. The summed E-state index contributed by atoms with van der Waals surface area (Å²) < 4.78 is 0. The Morgan fingerprint density at radius 2 is 2.12 bits per heavy atom. The van der Waals surface area contributed by atoms with Crippen molar-refractivity contribution in [1.29, 1.82) is 0 Å². The first kappa shape index (κ1) is 11.8. The van der Waals surface area contributed by atoms with Crippen molar-refractivity contribution in [2.45, 2.75) is 20.8 Å². The second-order valence-electron chi connectivity index (χ2n) is 4.71. The molecular weight excluding hydrogens is 218 g/mol. The third-order valence-corrected chi connectivity index (χ3v) is 3.28. The normalized spacial score (nSPS) is 17.7. The van der Waals surface area contributed by atoms with Crippen molar-refractivity contribution in [2.75, 3.05) is 18.0 Å². The van der Waals surface area contributed by atoms with Gasteiger partial charge in [-0.1, -0.05) is 6.92 Å². The molecule has 1 N–H and O–H groups in total. The zero-order valence-corrected chi connectivity index (χ0v) is 10.3. The van der Waals surface area contributed by atoms with E-state index in [1.54, 1.807) is 6.92 Å². The Kier molecular flexibility index (Phi) is 3.00. The number of aryl methyl sites for hydroxylation is 2. The van der Waals surface area contributed by atoms with Crippen LogP contribution in [-0.2, 0) is 4.79 Å². The van der Waals surface area contributed by atoms with E-state index in [0.717, 1.165) is 30.4 Å². The maximum Gasteiger partial charge on any atom is 0.306 e. The van der Waals surface area contributed by atoms with Gasteiger partial charge in [0.2, 0.25) is 0 Å². The van der Waals surface area contributed by atoms with E-state index >= 15 is 0 Å². The van der Waals surface area contributed by atoms with Crippen LogP contribution < -0.4 is 4.90 Å². The topological polar surface area (TPSA) is 66.3 Å². The summed E-state index contributed by atoms with van der Waals surface area (Å²) in [6.07, 6.45) is 0. The minimum atomic E-state index is -0.718. The van der Waals surface area contributed by atoms with E-state index in [9.17, 15) is 4.79 Å². The van der Waals surface area contributed by atoms with Gasteiger partial charge in [0.05, 0.1) is 5.92 Å². The van der Waals surface area contributed by atoms with Crippen LogP contribution in [0.2, 0.25) is 0 Å². The van der Waals surface area contributed by atoms with Crippen LogP contribution in [0.5, 0.6) is 0 Å². The second-order valence-corrected chi connectivity index (χ2v) is 4.71. The van der Waals surface area contributed by atoms with Crippen molar-refractivity contribution in [1.82, 2.24) is 9.97 Å². The number of hydrogen-bond acceptors (Lipinski definition) is 4. The zero-order valence-electron chi connectivity index (χ0n) is 10.3. The molecule has 5 nitrogen and oxygen atoms in total. The summed E-state index contributed by atoms with van der Waals surface area (Å²) >= 11 is 0. The molecule has 5 heteroatoms. The molecule has 0 aromatic carbocycles. The fourth-order valence-corrected chi connectivity index (χ4v) is 2.08. The second kappa shape index (κ2) is 4.31. The number of aromatic nitrogens is 2. The number of anilines is 1. The molecule has 1 saturated heterocycles. The van der Waals surface area contributed by atoms with E-state index < -0.39 is 5.97 Å². The predicted molar refractivity (Wildman–Crippen MR) is 64.0 cm³/mol. The molecule has 0 aliphatic carbocycles. The summed E-state index contributed by atoms with van der Waals surface area (Å²) in [5.41, 5.74) is 0.947. The molecule has 0 bridgehead atoms. The van der Waals surface area contributed by atoms with E-state index in [0.29, 0.717) is 0 Å². The number of carbonyl (C=O) groups is 1. The maximum atomic E-state index is 10.8. The quantitative estimate of drug-likeness (QED) is 0.854. The Labute approximate surface area is 100 Å². The molecule has 0 radical (unpaired) electrons. The summed E-state index contributed by atoms with van der Waals surface area (Å²) in [4.78, 5) is 21.5. The number of aliphatic carboxylic acids is 1. The molecule has 17 heavy (non-hydrogen) atoms. The summed E-state index contributed by atoms with van der Waals surface area (Å²) in [5, 5.41) is 8.92. The van der Waals surface area contributed by atoms with Gasteiger partial charge in [-0.3, -0.25) is 4.79 Å². The largest absolute Gasteiger partial charge is 0.481 e. The van der Waals surface area contributed by atoms with E-state index in [4.69, 9.17) is 5.11 Å². The summed E-state index contributed by atoms with van der Waals surface area (Å²) in [6, 6.07) is 1.94. The summed E-state index contributed by atoms with van der Waals surface area (Å²) in [6.45, 7) is 7.11. The lowest BCUT2D eigenvalue weighted by Crippen LogP contribution is -2.51. The molecule has 1 unspecified atom stereocenters. The Bertz CT molecular complexity index is 421. The maximum absolute atomic E-state index is 10.8. The van der Waals surface area contributed by atoms with Crippen molar-refractivity contribution in [2.24, 2.45) is 11.8 Å². The molecule has 0 amide bonds. The number of carboxylic acids is 1. The smallest absolute Gasteiger partial charge is 0.306 e. The van der Waals surface area contributed by atoms with E-state index in [1.165, 1.54) is 0 Å². The van der Waals surface area contributed by atoms with Gasteiger partial charge in [-0.25, -0.2) is 9.97 Å². The predicted octanol–water partition coefficient (Wildman–Crippen LogP) is 1.25. The molecule has 1 aliphatic heterocycles. The first-order valence-electron chi connectivity index (χ1n) is 5.77. The molecule has 1 aliphatic rings. The highest BCUT2D eigenvalue weighted by atomic mass is 16.4. The van der Waals surface area contributed by atoms with Crippen molar-refractivity contribution in [3.8, 4) is 0 Å². The van der Waals surface area contributed by atoms with Crippen LogP contribution in [0.3, 0.4) is 0 Å². The zero-order chi connectivity index (χ0) is 12.6. The molecule has 1 atom stereocenters. The number of rotatable bonds is 3. The highest BCUT2D eigenvalue weighted by Gasteiger charge is 2.35. The number of hydrogen-bond donors (Lipinski definition) is 1. The molecule has 2 heterocycles. The lowest BCUT2D eigenvalue weighted by atomic mass is 9.87. The fourth-order valence-electron chi connectivity index (χ4n) is 2.08. The standard InChI is InChI=1S/C12H17N3O2/c1-7-4-11(14-9(3)13-7)15-5-10(6-15)8(2)12(16)17/h4,8,10H,5-6H2,1-3H3,(H,16,17). The molecule has 1 aromatic heterocycles. The van der Waals surface area contributed by atoms with Gasteiger partial charge in [-0.05, 0) is 13.8 Å². The van der Waals surface area contributed by atoms with Gasteiger partial charge in [0.25, 0.3) is 0 Å². The fraction of sp³-hybridized carbons (Fsp3) is 0.583. The molecule has 0 saturated carbocycles. The lowest BCUT2D eigenvalue weighted by Gasteiger charge is -2.42. The van der Waals surface area contributed by atoms with Gasteiger partial charge >= 0.3 is 5.97 Å². The average molecular weight is 235 g/mol. The van der Waals surface area contributed by atoms with Crippen LogP contribution in [0.4, 0.5) is 5.82 Å².